The molecule has 5 heteroatoms. The molecule has 0 radical (unpaired) electrons. The van der Waals surface area contributed by atoms with Crippen LogP contribution >= 0.6 is 0 Å². The maximum Gasteiger partial charge on any atom is 0.259 e. The number of benzene rings is 2. The average molecular weight is 298 g/mol. The summed E-state index contributed by atoms with van der Waals surface area (Å²) >= 11 is 0. The summed E-state index contributed by atoms with van der Waals surface area (Å²) < 4.78 is 18.2. The van der Waals surface area contributed by atoms with Crippen LogP contribution in [0.15, 0.2) is 48.5 Å². The van der Waals surface area contributed by atoms with E-state index in [1.807, 2.05) is 31.2 Å². The standard InChI is InChI=1S/C17H15FN2O2/c1-12-3-2-4-15(9-12)22-11-17(21)20-16(10-19)13-5-7-14(18)8-6-13/h2-9,16H,11H2,1H3,(H,20,21)/t16-/m0/s1. The second-order valence-electron chi connectivity index (χ2n) is 4.79. The highest BCUT2D eigenvalue weighted by Crippen LogP contribution is 2.14. The van der Waals surface area contributed by atoms with Crippen LogP contribution in [0.1, 0.15) is 17.2 Å². The van der Waals surface area contributed by atoms with E-state index in [1.54, 1.807) is 6.07 Å². The summed E-state index contributed by atoms with van der Waals surface area (Å²) in [6.45, 7) is 1.73. The predicted molar refractivity (Wildman–Crippen MR) is 79.6 cm³/mol. The molecule has 2 rings (SSSR count). The number of hydrogen-bond acceptors (Lipinski definition) is 3. The normalized spacial score (nSPS) is 11.3. The van der Waals surface area contributed by atoms with E-state index < -0.39 is 17.8 Å². The van der Waals surface area contributed by atoms with Crippen molar-refractivity contribution in [3.63, 3.8) is 0 Å². The molecular weight excluding hydrogens is 283 g/mol. The van der Waals surface area contributed by atoms with Crippen LogP contribution in [0.25, 0.3) is 0 Å². The second-order valence-corrected chi connectivity index (χ2v) is 4.79. The van der Waals surface area contributed by atoms with Crippen LogP contribution in [0.4, 0.5) is 4.39 Å². The summed E-state index contributed by atoms with van der Waals surface area (Å²) in [5.74, 6) is -0.225. The van der Waals surface area contributed by atoms with E-state index in [0.717, 1.165) is 5.56 Å². The van der Waals surface area contributed by atoms with E-state index in [4.69, 9.17) is 10.00 Å². The average Bonchev–Trinajstić information content (AvgIpc) is 2.52. The summed E-state index contributed by atoms with van der Waals surface area (Å²) in [4.78, 5) is 11.8. The van der Waals surface area contributed by atoms with E-state index in [0.29, 0.717) is 11.3 Å². The minimum Gasteiger partial charge on any atom is -0.484 e. The Labute approximate surface area is 128 Å². The van der Waals surface area contributed by atoms with Gasteiger partial charge in [-0.2, -0.15) is 5.26 Å². The minimum absolute atomic E-state index is 0.192. The number of nitriles is 1. The summed E-state index contributed by atoms with van der Waals surface area (Å²) in [6, 6.07) is 13.9. The van der Waals surface area contributed by atoms with Gasteiger partial charge in [0.05, 0.1) is 6.07 Å². The van der Waals surface area contributed by atoms with Gasteiger partial charge in [0.15, 0.2) is 6.61 Å². The molecule has 1 amide bonds. The Morgan fingerprint density at radius 3 is 2.68 bits per heavy atom. The van der Waals surface area contributed by atoms with Gasteiger partial charge < -0.3 is 10.1 Å². The van der Waals surface area contributed by atoms with Gasteiger partial charge in [-0.3, -0.25) is 4.79 Å². The minimum atomic E-state index is -0.839. The van der Waals surface area contributed by atoms with Crippen LogP contribution in [0, 0.1) is 24.1 Å². The molecule has 0 fully saturated rings. The Kier molecular flexibility index (Phi) is 5.10. The first-order valence-electron chi connectivity index (χ1n) is 6.72. The molecule has 1 N–H and O–H groups in total. The van der Waals surface area contributed by atoms with E-state index in [1.165, 1.54) is 24.3 Å². The molecule has 0 saturated heterocycles. The molecule has 0 aromatic heterocycles. The number of carbonyl (C=O) groups is 1. The van der Waals surface area contributed by atoms with Crippen molar-refractivity contribution < 1.29 is 13.9 Å². The molecule has 0 aliphatic carbocycles. The number of nitrogens with one attached hydrogen (secondary N) is 1. The molecule has 0 unspecified atom stereocenters. The maximum absolute atomic E-state index is 12.9. The lowest BCUT2D eigenvalue weighted by molar-refractivity contribution is -0.123. The number of rotatable bonds is 5. The summed E-state index contributed by atoms with van der Waals surface area (Å²) in [7, 11) is 0. The predicted octanol–water partition coefficient (Wildman–Crippen LogP) is 2.89. The molecule has 0 saturated carbocycles. The largest absolute Gasteiger partial charge is 0.484 e. The molecule has 0 aliphatic heterocycles. The molecule has 22 heavy (non-hydrogen) atoms. The third-order valence-electron chi connectivity index (χ3n) is 3.00. The molecule has 0 spiro atoms. The van der Waals surface area contributed by atoms with Gasteiger partial charge in [-0.1, -0.05) is 24.3 Å². The van der Waals surface area contributed by atoms with Crippen molar-refractivity contribution in [3.8, 4) is 11.8 Å². The Balaban J connectivity index is 1.92. The fraction of sp³-hybridized carbons (Fsp3) is 0.176. The molecule has 0 aliphatic rings. The number of aryl methyl sites for hydroxylation is 1. The fourth-order valence-electron chi connectivity index (χ4n) is 1.90. The SMILES string of the molecule is Cc1cccc(OCC(=O)N[C@@H](C#N)c2ccc(F)cc2)c1. The number of hydrogen-bond donors (Lipinski definition) is 1. The molecule has 0 bridgehead atoms. The Bertz CT molecular complexity index is 693. The van der Waals surface area contributed by atoms with E-state index in [9.17, 15) is 9.18 Å². The number of carbonyl (C=O) groups excluding carboxylic acids is 1. The van der Waals surface area contributed by atoms with Gasteiger partial charge in [0.25, 0.3) is 5.91 Å². The first-order chi connectivity index (χ1) is 10.6. The second kappa shape index (κ2) is 7.23. The molecule has 4 nitrogen and oxygen atoms in total. The highest BCUT2D eigenvalue weighted by Gasteiger charge is 2.14. The topological polar surface area (TPSA) is 62.1 Å². The molecule has 0 heterocycles. The number of amides is 1. The third kappa shape index (κ3) is 4.32. The first-order valence-corrected chi connectivity index (χ1v) is 6.72. The maximum atomic E-state index is 12.9. The van der Waals surface area contributed by atoms with E-state index in [-0.39, 0.29) is 6.61 Å². The van der Waals surface area contributed by atoms with Crippen LogP contribution < -0.4 is 10.1 Å². The number of halogens is 1. The number of nitrogens with zero attached hydrogens (tertiary/aromatic N) is 1. The van der Waals surface area contributed by atoms with Crippen molar-refractivity contribution in [2.24, 2.45) is 0 Å². The lowest BCUT2D eigenvalue weighted by atomic mass is 10.1. The number of ether oxygens (including phenoxy) is 1. The van der Waals surface area contributed by atoms with Crippen molar-refractivity contribution in [1.29, 1.82) is 5.26 Å². The van der Waals surface area contributed by atoms with Crippen LogP contribution in [-0.4, -0.2) is 12.5 Å². The van der Waals surface area contributed by atoms with Crippen LogP contribution in [0.3, 0.4) is 0 Å². The molecular formula is C17H15FN2O2. The Morgan fingerprint density at radius 2 is 2.05 bits per heavy atom. The van der Waals surface area contributed by atoms with Crippen molar-refractivity contribution in [2.45, 2.75) is 13.0 Å². The van der Waals surface area contributed by atoms with E-state index >= 15 is 0 Å². The molecule has 2 aromatic carbocycles. The van der Waals surface area contributed by atoms with Gasteiger partial charge in [-0.05, 0) is 42.3 Å². The lowest BCUT2D eigenvalue weighted by Crippen LogP contribution is -2.32. The van der Waals surface area contributed by atoms with Crippen molar-refractivity contribution in [1.82, 2.24) is 5.32 Å². The summed E-state index contributed by atoms with van der Waals surface area (Å²) in [6.07, 6.45) is 0. The highest BCUT2D eigenvalue weighted by atomic mass is 19.1. The lowest BCUT2D eigenvalue weighted by Gasteiger charge is -2.12. The van der Waals surface area contributed by atoms with Crippen molar-refractivity contribution >= 4 is 5.91 Å². The Hall–Kier alpha value is -2.87. The molecule has 1 atom stereocenters. The van der Waals surface area contributed by atoms with Crippen LogP contribution in [-0.2, 0) is 4.79 Å². The van der Waals surface area contributed by atoms with Crippen molar-refractivity contribution in [2.75, 3.05) is 6.61 Å². The van der Waals surface area contributed by atoms with E-state index in [2.05, 4.69) is 5.32 Å². The van der Waals surface area contributed by atoms with Gasteiger partial charge in [0.1, 0.15) is 17.6 Å². The smallest absolute Gasteiger partial charge is 0.259 e. The van der Waals surface area contributed by atoms with Gasteiger partial charge in [0.2, 0.25) is 0 Å². The molecule has 112 valence electrons. The monoisotopic (exact) mass is 298 g/mol. The summed E-state index contributed by atoms with van der Waals surface area (Å²) in [5.41, 5.74) is 1.55. The fourth-order valence-corrected chi connectivity index (χ4v) is 1.90. The highest BCUT2D eigenvalue weighted by molar-refractivity contribution is 5.78. The third-order valence-corrected chi connectivity index (χ3v) is 3.00. The quantitative estimate of drug-likeness (QED) is 0.923. The zero-order valence-corrected chi connectivity index (χ0v) is 12.0. The zero-order chi connectivity index (χ0) is 15.9. The van der Waals surface area contributed by atoms with Crippen LogP contribution in [0.5, 0.6) is 5.75 Å². The van der Waals surface area contributed by atoms with Gasteiger partial charge in [-0.25, -0.2) is 4.39 Å². The van der Waals surface area contributed by atoms with Gasteiger partial charge >= 0.3 is 0 Å². The Morgan fingerprint density at radius 1 is 1.32 bits per heavy atom. The van der Waals surface area contributed by atoms with Gasteiger partial charge in [-0.15, -0.1) is 0 Å². The summed E-state index contributed by atoms with van der Waals surface area (Å²) in [5, 5.41) is 11.7. The molecule has 2 aromatic rings. The van der Waals surface area contributed by atoms with Gasteiger partial charge in [0, 0.05) is 0 Å². The first kappa shape index (κ1) is 15.5. The van der Waals surface area contributed by atoms with Crippen molar-refractivity contribution in [3.05, 3.63) is 65.5 Å². The van der Waals surface area contributed by atoms with Crippen LogP contribution in [0.2, 0.25) is 0 Å². The zero-order valence-electron chi connectivity index (χ0n) is 12.0.